The third-order valence-electron chi connectivity index (χ3n) is 7.21. The Labute approximate surface area is 239 Å². The number of carbonyl (C=O) groups excluding carboxylic acids is 2. The van der Waals surface area contributed by atoms with Gasteiger partial charge >= 0.3 is 5.91 Å². The van der Waals surface area contributed by atoms with Gasteiger partial charge in [-0.3, -0.25) is 14.5 Å². The number of aromatic nitrogens is 2. The van der Waals surface area contributed by atoms with Crippen LogP contribution in [-0.4, -0.2) is 53.1 Å². The van der Waals surface area contributed by atoms with Crippen LogP contribution in [-0.2, 0) is 9.59 Å². The number of carbonyl (C=O) groups is 2. The van der Waals surface area contributed by atoms with E-state index < -0.39 is 17.7 Å². The molecule has 2 N–H and O–H groups in total. The molecule has 0 saturated carbocycles. The van der Waals surface area contributed by atoms with Crippen molar-refractivity contribution in [1.29, 1.82) is 0 Å². The summed E-state index contributed by atoms with van der Waals surface area (Å²) in [5.41, 5.74) is 3.31. The number of hydrogen-bond donors (Lipinski definition) is 2. The number of H-pyrrole nitrogens is 1. The first kappa shape index (κ1) is 27.8. The number of fused-ring (bicyclic) bond motifs is 1. The number of aliphatic hydroxyl groups excluding tert-OH is 1. The standard InChI is InChI=1S/C32H34N4O5/c1-5-35(6-2)21-15-13-20(14-16-21)28-27(29(37)23-18-17-22(40-7-3)19-26(23)41-8-4)30(38)31(39)36(28)32-33-24-11-9-10-12-25(24)34-32/h9-19,28,37H,5-8H2,1-4H3,(H,33,34)/b29-27+. The molecule has 1 fully saturated rings. The molecule has 1 saturated heterocycles. The van der Waals surface area contributed by atoms with Gasteiger partial charge in [-0.2, -0.15) is 0 Å². The van der Waals surface area contributed by atoms with Crippen molar-refractivity contribution in [3.05, 3.63) is 83.4 Å². The van der Waals surface area contributed by atoms with Gasteiger partial charge in [-0.1, -0.05) is 24.3 Å². The molecule has 3 aromatic carbocycles. The van der Waals surface area contributed by atoms with Crippen molar-refractivity contribution in [3.63, 3.8) is 0 Å². The highest BCUT2D eigenvalue weighted by Crippen LogP contribution is 2.43. The molecular formula is C32H34N4O5. The largest absolute Gasteiger partial charge is 0.507 e. The predicted octanol–water partition coefficient (Wildman–Crippen LogP) is 5.83. The van der Waals surface area contributed by atoms with Crippen molar-refractivity contribution in [3.8, 4) is 11.5 Å². The molecular weight excluding hydrogens is 520 g/mol. The van der Waals surface area contributed by atoms with Crippen LogP contribution in [0.15, 0.2) is 72.3 Å². The zero-order valence-electron chi connectivity index (χ0n) is 23.7. The normalized spacial score (nSPS) is 16.4. The number of anilines is 2. The number of rotatable bonds is 10. The van der Waals surface area contributed by atoms with Crippen molar-refractivity contribution in [1.82, 2.24) is 9.97 Å². The molecule has 9 nitrogen and oxygen atoms in total. The molecule has 1 atom stereocenters. The Bertz CT molecular complexity index is 1570. The Morgan fingerprint density at radius 1 is 0.951 bits per heavy atom. The Hall–Kier alpha value is -4.79. The predicted molar refractivity (Wildman–Crippen MR) is 160 cm³/mol. The van der Waals surface area contributed by atoms with Gasteiger partial charge in [-0.05, 0) is 69.7 Å². The molecule has 41 heavy (non-hydrogen) atoms. The lowest BCUT2D eigenvalue weighted by Crippen LogP contribution is -2.30. The summed E-state index contributed by atoms with van der Waals surface area (Å²) in [6.45, 7) is 10.3. The summed E-state index contributed by atoms with van der Waals surface area (Å²) in [5.74, 6) is -0.780. The second kappa shape index (κ2) is 11.8. The summed E-state index contributed by atoms with van der Waals surface area (Å²) in [5, 5.41) is 11.7. The Balaban J connectivity index is 1.70. The third kappa shape index (κ3) is 5.11. The van der Waals surface area contributed by atoms with E-state index in [4.69, 9.17) is 9.47 Å². The molecule has 9 heteroatoms. The molecule has 0 spiro atoms. The Morgan fingerprint density at radius 3 is 2.32 bits per heavy atom. The maximum Gasteiger partial charge on any atom is 0.302 e. The molecule has 0 bridgehead atoms. The molecule has 4 aromatic rings. The number of aromatic amines is 1. The van der Waals surface area contributed by atoms with Crippen LogP contribution < -0.4 is 19.3 Å². The maximum atomic E-state index is 13.7. The zero-order chi connectivity index (χ0) is 29.1. The van der Waals surface area contributed by atoms with E-state index in [0.29, 0.717) is 41.4 Å². The molecule has 0 radical (unpaired) electrons. The molecule has 212 valence electrons. The van der Waals surface area contributed by atoms with Crippen molar-refractivity contribution in [2.45, 2.75) is 33.7 Å². The fourth-order valence-corrected chi connectivity index (χ4v) is 5.25. The molecule has 1 aliphatic rings. The number of ketones is 1. The van der Waals surface area contributed by atoms with E-state index in [2.05, 4.69) is 28.7 Å². The van der Waals surface area contributed by atoms with Gasteiger partial charge < -0.3 is 24.5 Å². The number of nitrogens with one attached hydrogen (secondary N) is 1. The monoisotopic (exact) mass is 554 g/mol. The van der Waals surface area contributed by atoms with Crippen molar-refractivity contribution < 1.29 is 24.2 Å². The quantitative estimate of drug-likeness (QED) is 0.144. The molecule has 1 unspecified atom stereocenters. The summed E-state index contributed by atoms with van der Waals surface area (Å²) in [7, 11) is 0. The number of para-hydroxylation sites is 2. The van der Waals surface area contributed by atoms with Gasteiger partial charge in [0.05, 0.1) is 41.4 Å². The second-order valence-electron chi connectivity index (χ2n) is 9.53. The number of aliphatic hydroxyl groups is 1. The highest BCUT2D eigenvalue weighted by Gasteiger charge is 2.48. The van der Waals surface area contributed by atoms with Crippen LogP contribution >= 0.6 is 0 Å². The SMILES string of the molecule is CCOc1ccc(/C(O)=C2\C(=O)C(=O)N(c3nc4ccccc4[nH]3)C2c2ccc(N(CC)CC)cc2)c(OCC)c1. The van der Waals surface area contributed by atoms with Crippen LogP contribution in [0.1, 0.15) is 44.9 Å². The number of imidazole rings is 1. The summed E-state index contributed by atoms with van der Waals surface area (Å²) in [6.07, 6.45) is 0. The number of ether oxygens (including phenoxy) is 2. The van der Waals surface area contributed by atoms with Crippen LogP contribution in [0.3, 0.4) is 0 Å². The average molecular weight is 555 g/mol. The Kier molecular flexibility index (Phi) is 7.96. The van der Waals surface area contributed by atoms with E-state index in [9.17, 15) is 14.7 Å². The molecule has 0 aliphatic carbocycles. The maximum absolute atomic E-state index is 13.7. The number of hydrogen-bond acceptors (Lipinski definition) is 7. The number of Topliss-reactive ketones (excluding diaryl/α,β-unsaturated/α-hetero) is 1. The number of nitrogens with zero attached hydrogens (tertiary/aromatic N) is 3. The molecule has 2 heterocycles. The summed E-state index contributed by atoms with van der Waals surface area (Å²) >= 11 is 0. The van der Waals surface area contributed by atoms with Crippen molar-refractivity contribution in [2.75, 3.05) is 36.1 Å². The molecule has 5 rings (SSSR count). The Morgan fingerprint density at radius 2 is 1.66 bits per heavy atom. The fraction of sp³-hybridized carbons (Fsp3) is 0.281. The van der Waals surface area contributed by atoms with Gasteiger partial charge in [0.2, 0.25) is 5.95 Å². The van der Waals surface area contributed by atoms with Crippen LogP contribution in [0.5, 0.6) is 11.5 Å². The third-order valence-corrected chi connectivity index (χ3v) is 7.21. The summed E-state index contributed by atoms with van der Waals surface area (Å²) in [6, 6.07) is 19.2. The minimum Gasteiger partial charge on any atom is -0.507 e. The molecule has 1 amide bonds. The average Bonchev–Trinajstić information content (AvgIpc) is 3.52. The van der Waals surface area contributed by atoms with Crippen molar-refractivity contribution in [2.24, 2.45) is 0 Å². The highest BCUT2D eigenvalue weighted by atomic mass is 16.5. The van der Waals surface area contributed by atoms with Gasteiger partial charge in [0.15, 0.2) is 0 Å². The first-order valence-corrected chi connectivity index (χ1v) is 13.9. The lowest BCUT2D eigenvalue weighted by molar-refractivity contribution is -0.132. The van der Waals surface area contributed by atoms with E-state index in [0.717, 1.165) is 24.3 Å². The highest BCUT2D eigenvalue weighted by molar-refractivity contribution is 6.51. The van der Waals surface area contributed by atoms with E-state index in [1.54, 1.807) is 18.2 Å². The molecule has 1 aliphatic heterocycles. The van der Waals surface area contributed by atoms with Gasteiger partial charge in [0, 0.05) is 24.8 Å². The fourth-order valence-electron chi connectivity index (χ4n) is 5.25. The lowest BCUT2D eigenvalue weighted by Gasteiger charge is -2.25. The zero-order valence-corrected chi connectivity index (χ0v) is 23.7. The van der Waals surface area contributed by atoms with E-state index >= 15 is 0 Å². The lowest BCUT2D eigenvalue weighted by atomic mass is 9.94. The minimum absolute atomic E-state index is 0.0452. The summed E-state index contributed by atoms with van der Waals surface area (Å²) in [4.78, 5) is 38.7. The second-order valence-corrected chi connectivity index (χ2v) is 9.53. The first-order valence-electron chi connectivity index (χ1n) is 13.9. The van der Waals surface area contributed by atoms with Gasteiger partial charge in [-0.25, -0.2) is 4.98 Å². The van der Waals surface area contributed by atoms with Crippen LogP contribution in [0.25, 0.3) is 16.8 Å². The van der Waals surface area contributed by atoms with Crippen LogP contribution in [0.4, 0.5) is 11.6 Å². The van der Waals surface area contributed by atoms with Crippen LogP contribution in [0, 0.1) is 0 Å². The van der Waals surface area contributed by atoms with E-state index in [1.807, 2.05) is 62.4 Å². The smallest absolute Gasteiger partial charge is 0.302 e. The summed E-state index contributed by atoms with van der Waals surface area (Å²) < 4.78 is 11.4. The van der Waals surface area contributed by atoms with Gasteiger partial charge in [0.1, 0.15) is 17.3 Å². The topological polar surface area (TPSA) is 108 Å². The van der Waals surface area contributed by atoms with Crippen molar-refractivity contribution >= 4 is 40.1 Å². The van der Waals surface area contributed by atoms with E-state index in [-0.39, 0.29) is 17.3 Å². The first-order chi connectivity index (χ1) is 19.9. The number of benzene rings is 3. The van der Waals surface area contributed by atoms with Crippen LogP contribution in [0.2, 0.25) is 0 Å². The van der Waals surface area contributed by atoms with Gasteiger partial charge in [0.25, 0.3) is 5.78 Å². The molecule has 1 aromatic heterocycles. The van der Waals surface area contributed by atoms with E-state index in [1.165, 1.54) is 4.90 Å². The minimum atomic E-state index is -0.928. The van der Waals surface area contributed by atoms with Gasteiger partial charge in [-0.15, -0.1) is 0 Å². The number of amides is 1.